The van der Waals surface area contributed by atoms with E-state index in [4.69, 9.17) is 10.5 Å². The first-order valence-corrected chi connectivity index (χ1v) is 14.4. The number of rotatable bonds is 17. The molecule has 0 spiro atoms. The van der Waals surface area contributed by atoms with E-state index in [2.05, 4.69) is 21.3 Å². The zero-order valence-electron chi connectivity index (χ0n) is 25.7. The summed E-state index contributed by atoms with van der Waals surface area (Å²) < 4.78 is 4.93. The Balaban J connectivity index is 2.00. The van der Waals surface area contributed by atoms with E-state index < -0.39 is 65.4 Å². The molecule has 15 nitrogen and oxygen atoms in total. The van der Waals surface area contributed by atoms with Crippen LogP contribution in [0.15, 0.2) is 36.4 Å². The summed E-state index contributed by atoms with van der Waals surface area (Å²) in [6.45, 7) is 6.26. The first-order valence-electron chi connectivity index (χ1n) is 14.4. The van der Waals surface area contributed by atoms with Crippen LogP contribution in [0.1, 0.15) is 58.9 Å². The van der Waals surface area contributed by atoms with Gasteiger partial charge in [0.05, 0.1) is 0 Å². The van der Waals surface area contributed by atoms with Crippen molar-refractivity contribution in [2.45, 2.75) is 78.1 Å². The third-order valence-corrected chi connectivity index (χ3v) is 6.55. The average molecular weight is 629 g/mol. The van der Waals surface area contributed by atoms with Gasteiger partial charge in [0.25, 0.3) is 11.8 Å². The molecule has 0 fully saturated rings. The molecule has 0 radical (unpaired) electrons. The van der Waals surface area contributed by atoms with Crippen LogP contribution in [0.5, 0.6) is 0 Å². The van der Waals surface area contributed by atoms with E-state index >= 15 is 0 Å². The predicted octanol–water partition coefficient (Wildman–Crippen LogP) is -0.211. The summed E-state index contributed by atoms with van der Waals surface area (Å²) in [5, 5.41) is 10.3. The number of nitrogens with one attached hydrogen (secondary N) is 4. The molecule has 244 valence electrons. The Labute approximate surface area is 260 Å². The fourth-order valence-corrected chi connectivity index (χ4v) is 4.16. The number of carbonyl (C=O) groups excluding carboxylic acids is 8. The molecule has 0 bridgehead atoms. The smallest absolute Gasteiger partial charge is 0.302 e. The Bertz CT molecular complexity index is 1310. The van der Waals surface area contributed by atoms with Gasteiger partial charge >= 0.3 is 5.97 Å². The highest BCUT2D eigenvalue weighted by molar-refractivity contribution is 6.13. The summed E-state index contributed by atoms with van der Waals surface area (Å²) in [6, 6.07) is 3.10. The van der Waals surface area contributed by atoms with Gasteiger partial charge in [0.1, 0.15) is 24.7 Å². The van der Waals surface area contributed by atoms with Gasteiger partial charge in [0.15, 0.2) is 0 Å². The Hall–Kier alpha value is -5.08. The summed E-state index contributed by atoms with van der Waals surface area (Å²) in [4.78, 5) is 98.4. The summed E-state index contributed by atoms with van der Waals surface area (Å²) in [6.07, 6.45) is 1.92. The van der Waals surface area contributed by atoms with E-state index in [0.717, 1.165) is 17.1 Å². The second kappa shape index (κ2) is 17.3. The molecule has 3 atom stereocenters. The molecular formula is C30H40N6O9. The molecular weight excluding hydrogens is 588 g/mol. The minimum atomic E-state index is -1.18. The van der Waals surface area contributed by atoms with Crippen LogP contribution in [0.2, 0.25) is 0 Å². The number of amides is 7. The average Bonchev–Trinajstić information content (AvgIpc) is 3.28. The number of benzene rings is 1. The fourth-order valence-electron chi connectivity index (χ4n) is 4.16. The normalized spacial score (nSPS) is 14.4. The molecule has 1 aromatic rings. The lowest BCUT2D eigenvalue weighted by Gasteiger charge is -2.24. The number of hydrogen-bond donors (Lipinski definition) is 5. The van der Waals surface area contributed by atoms with Crippen molar-refractivity contribution in [3.63, 3.8) is 0 Å². The maximum Gasteiger partial charge on any atom is 0.302 e. The molecule has 0 aromatic heterocycles. The van der Waals surface area contributed by atoms with Crippen LogP contribution in [0, 0.1) is 5.92 Å². The highest BCUT2D eigenvalue weighted by Gasteiger charge is 2.29. The van der Waals surface area contributed by atoms with Crippen molar-refractivity contribution in [2.75, 3.05) is 11.9 Å². The van der Waals surface area contributed by atoms with Crippen LogP contribution in [0.4, 0.5) is 5.69 Å². The Morgan fingerprint density at radius 2 is 1.44 bits per heavy atom. The van der Waals surface area contributed by atoms with Gasteiger partial charge < -0.3 is 31.7 Å². The van der Waals surface area contributed by atoms with Crippen molar-refractivity contribution in [3.05, 3.63) is 42.0 Å². The number of esters is 1. The van der Waals surface area contributed by atoms with Crippen molar-refractivity contribution >= 4 is 53.0 Å². The van der Waals surface area contributed by atoms with Gasteiger partial charge in [0, 0.05) is 44.1 Å². The minimum absolute atomic E-state index is 0.0197. The lowest BCUT2D eigenvalue weighted by molar-refractivity contribution is -0.142. The predicted molar refractivity (Wildman–Crippen MR) is 160 cm³/mol. The van der Waals surface area contributed by atoms with Crippen molar-refractivity contribution < 1.29 is 43.1 Å². The second-order valence-electron chi connectivity index (χ2n) is 10.9. The molecule has 0 saturated carbocycles. The zero-order valence-corrected chi connectivity index (χ0v) is 25.7. The summed E-state index contributed by atoms with van der Waals surface area (Å²) in [5.74, 6) is -4.76. The topological polar surface area (TPSA) is 223 Å². The van der Waals surface area contributed by atoms with E-state index in [1.165, 1.54) is 13.8 Å². The van der Waals surface area contributed by atoms with Crippen LogP contribution >= 0.6 is 0 Å². The van der Waals surface area contributed by atoms with E-state index in [0.29, 0.717) is 11.3 Å². The van der Waals surface area contributed by atoms with E-state index in [1.54, 1.807) is 24.3 Å². The fraction of sp³-hybridized carbons (Fsp3) is 0.467. The molecule has 2 rings (SSSR count). The third-order valence-electron chi connectivity index (χ3n) is 6.55. The molecule has 45 heavy (non-hydrogen) atoms. The Morgan fingerprint density at radius 3 is 2.00 bits per heavy atom. The van der Waals surface area contributed by atoms with E-state index in [1.807, 2.05) is 13.8 Å². The largest absolute Gasteiger partial charge is 0.461 e. The van der Waals surface area contributed by atoms with Crippen molar-refractivity contribution in [3.8, 4) is 0 Å². The summed E-state index contributed by atoms with van der Waals surface area (Å²) in [5.41, 5.74) is 6.32. The first kappa shape index (κ1) is 36.1. The molecule has 1 aliphatic rings. The van der Waals surface area contributed by atoms with Gasteiger partial charge in [-0.15, -0.1) is 0 Å². The second-order valence-corrected chi connectivity index (χ2v) is 10.9. The van der Waals surface area contributed by atoms with Crippen LogP contribution in [0.25, 0.3) is 0 Å². The van der Waals surface area contributed by atoms with Crippen molar-refractivity contribution in [1.82, 2.24) is 20.9 Å². The van der Waals surface area contributed by atoms with Gasteiger partial charge in [-0.3, -0.25) is 43.3 Å². The number of primary amides is 1. The van der Waals surface area contributed by atoms with Crippen LogP contribution in [-0.2, 0) is 49.7 Å². The van der Waals surface area contributed by atoms with Crippen LogP contribution < -0.4 is 27.0 Å². The third kappa shape index (κ3) is 12.6. The molecule has 15 heteroatoms. The van der Waals surface area contributed by atoms with Crippen LogP contribution in [0.3, 0.4) is 0 Å². The van der Waals surface area contributed by atoms with E-state index in [9.17, 15) is 38.4 Å². The Morgan fingerprint density at radius 1 is 0.822 bits per heavy atom. The minimum Gasteiger partial charge on any atom is -0.461 e. The molecule has 1 aromatic carbocycles. The number of nitrogens with zero attached hydrogens (tertiary/aromatic N) is 1. The molecule has 0 unspecified atom stereocenters. The summed E-state index contributed by atoms with van der Waals surface area (Å²) >= 11 is 0. The van der Waals surface area contributed by atoms with Gasteiger partial charge in [-0.1, -0.05) is 26.0 Å². The molecule has 1 heterocycles. The zero-order chi connectivity index (χ0) is 33.7. The van der Waals surface area contributed by atoms with Gasteiger partial charge in [-0.25, -0.2) is 0 Å². The van der Waals surface area contributed by atoms with Crippen LogP contribution in [-0.4, -0.2) is 76.9 Å². The molecule has 6 N–H and O–H groups in total. The molecule has 0 saturated heterocycles. The SMILES string of the molecule is CC(=O)OCc1ccc(NC(=O)[C@H](CCC(N)=O)NC(=O)[C@H](C)NC(=O)[C@@H](CC(C)C)NC(=O)CCN2C(=O)C=CC2=O)cc1. The number of ether oxygens (including phenoxy) is 1. The molecule has 7 amide bonds. The standard InChI is InChI=1S/C30H40N6O9/c1-17(2)15-23(34-25(39)13-14-36-26(40)11-12-27(36)41)30(44)32-18(3)28(42)35-22(9-10-24(31)38)29(43)33-21-7-5-20(6-8-21)16-45-19(4)37/h5-8,11-12,17-18,22-23H,9-10,13-16H2,1-4H3,(H2,31,38)(H,32,44)(H,33,43)(H,34,39)(H,35,42)/t18-,22-,23+/m0/s1. The number of hydrogen-bond acceptors (Lipinski definition) is 9. The van der Waals surface area contributed by atoms with Gasteiger partial charge in [-0.2, -0.15) is 0 Å². The Kier molecular flexibility index (Phi) is 13.9. The quantitative estimate of drug-likeness (QED) is 0.114. The molecule has 0 aliphatic carbocycles. The lowest BCUT2D eigenvalue weighted by Crippen LogP contribution is -2.55. The maximum atomic E-state index is 13.1. The number of carbonyl (C=O) groups is 8. The number of imide groups is 1. The lowest BCUT2D eigenvalue weighted by atomic mass is 10.0. The van der Waals surface area contributed by atoms with Crippen molar-refractivity contribution in [1.29, 1.82) is 0 Å². The molecule has 1 aliphatic heterocycles. The van der Waals surface area contributed by atoms with Crippen molar-refractivity contribution in [2.24, 2.45) is 11.7 Å². The highest BCUT2D eigenvalue weighted by Crippen LogP contribution is 2.13. The summed E-state index contributed by atoms with van der Waals surface area (Å²) in [7, 11) is 0. The maximum absolute atomic E-state index is 13.1. The van der Waals surface area contributed by atoms with Gasteiger partial charge in [-0.05, 0) is 43.4 Å². The monoisotopic (exact) mass is 628 g/mol. The number of anilines is 1. The highest BCUT2D eigenvalue weighted by atomic mass is 16.5. The number of nitrogens with two attached hydrogens (primary N) is 1. The van der Waals surface area contributed by atoms with E-state index in [-0.39, 0.29) is 44.8 Å². The first-order chi connectivity index (χ1) is 21.2. The van der Waals surface area contributed by atoms with Gasteiger partial charge in [0.2, 0.25) is 29.5 Å².